The number of hydrogen-bond donors (Lipinski definition) is 0. The quantitative estimate of drug-likeness (QED) is 0.533. The first kappa shape index (κ1) is 15.0. The first-order chi connectivity index (χ1) is 7.31. The highest BCUT2D eigenvalue weighted by molar-refractivity contribution is 5.60. The number of ether oxygens (including phenoxy) is 2. The van der Waals surface area contributed by atoms with Crippen molar-refractivity contribution in [2.45, 2.75) is 51.7 Å². The van der Waals surface area contributed by atoms with E-state index in [9.17, 15) is 22.4 Å². The first-order valence-electron chi connectivity index (χ1n) is 4.74. The Morgan fingerprint density at radius 1 is 0.938 bits per heavy atom. The molecule has 7 heteroatoms. The highest BCUT2D eigenvalue weighted by Crippen LogP contribution is 2.11. The molecule has 96 valence electrons. The molecule has 0 spiro atoms. The molecule has 0 aromatic heterocycles. The SMILES string of the molecule is C[C@@H](F)C[C@H](F)OC(=O)O[C@@H](F)C[C@@H](C)F. The predicted octanol–water partition coefficient (Wildman–Crippen LogP) is 3.23. The number of carbonyl (C=O) groups is 1. The highest BCUT2D eigenvalue weighted by atomic mass is 19.2. The molecule has 0 aromatic rings. The third kappa shape index (κ3) is 8.31. The number of carbonyl (C=O) groups excluding carboxylic acids is 1. The summed E-state index contributed by atoms with van der Waals surface area (Å²) in [4.78, 5) is 10.7. The van der Waals surface area contributed by atoms with Gasteiger partial charge in [0.15, 0.2) is 0 Å². The first-order valence-corrected chi connectivity index (χ1v) is 4.74. The van der Waals surface area contributed by atoms with Crippen LogP contribution in [-0.2, 0) is 9.47 Å². The van der Waals surface area contributed by atoms with Gasteiger partial charge in [-0.1, -0.05) is 0 Å². The molecule has 0 aliphatic carbocycles. The van der Waals surface area contributed by atoms with Gasteiger partial charge in [-0.25, -0.2) is 22.4 Å². The van der Waals surface area contributed by atoms with Crippen molar-refractivity contribution < 1.29 is 31.8 Å². The number of alkyl halides is 4. The van der Waals surface area contributed by atoms with Gasteiger partial charge in [0.1, 0.15) is 12.3 Å². The minimum Gasteiger partial charge on any atom is -0.400 e. The Morgan fingerprint density at radius 3 is 1.50 bits per heavy atom. The van der Waals surface area contributed by atoms with Crippen LogP contribution < -0.4 is 0 Å². The zero-order valence-electron chi connectivity index (χ0n) is 8.96. The summed E-state index contributed by atoms with van der Waals surface area (Å²) in [6.07, 6.45) is -10.4. The highest BCUT2D eigenvalue weighted by Gasteiger charge is 2.21. The van der Waals surface area contributed by atoms with Crippen LogP contribution in [0.15, 0.2) is 0 Å². The fourth-order valence-corrected chi connectivity index (χ4v) is 0.844. The van der Waals surface area contributed by atoms with Gasteiger partial charge in [-0.05, 0) is 13.8 Å². The topological polar surface area (TPSA) is 35.5 Å². The molecule has 0 saturated carbocycles. The van der Waals surface area contributed by atoms with Gasteiger partial charge < -0.3 is 9.47 Å². The molecular weight excluding hydrogens is 232 g/mol. The van der Waals surface area contributed by atoms with Gasteiger partial charge >= 0.3 is 6.16 Å². The number of hydrogen-bond acceptors (Lipinski definition) is 3. The lowest BCUT2D eigenvalue weighted by Crippen LogP contribution is -2.22. The second-order valence-corrected chi connectivity index (χ2v) is 3.34. The third-order valence-electron chi connectivity index (χ3n) is 1.47. The Labute approximate surface area is 90.7 Å². The van der Waals surface area contributed by atoms with E-state index < -0.39 is 44.1 Å². The largest absolute Gasteiger partial charge is 0.513 e. The monoisotopic (exact) mass is 246 g/mol. The lowest BCUT2D eigenvalue weighted by atomic mass is 10.3. The Morgan fingerprint density at radius 2 is 1.25 bits per heavy atom. The van der Waals surface area contributed by atoms with E-state index in [1.807, 2.05) is 0 Å². The minimum absolute atomic E-state index is 0.661. The van der Waals surface area contributed by atoms with Crippen molar-refractivity contribution in [2.75, 3.05) is 0 Å². The van der Waals surface area contributed by atoms with Crippen molar-refractivity contribution in [3.8, 4) is 0 Å². The Hall–Kier alpha value is -1.01. The standard InChI is InChI=1S/C9H14F4O3/c1-5(10)3-7(12)15-9(14)16-8(13)4-6(2)11/h5-8H,3-4H2,1-2H3/t5-,6-,7-,8-/m1/s1. The van der Waals surface area contributed by atoms with Crippen LogP contribution in [-0.4, -0.2) is 31.2 Å². The van der Waals surface area contributed by atoms with Gasteiger partial charge in [-0.3, -0.25) is 0 Å². The van der Waals surface area contributed by atoms with Crippen molar-refractivity contribution in [3.05, 3.63) is 0 Å². The smallest absolute Gasteiger partial charge is 0.400 e. The van der Waals surface area contributed by atoms with Gasteiger partial charge in [0.05, 0.1) is 0 Å². The lowest BCUT2D eigenvalue weighted by Gasteiger charge is -2.13. The van der Waals surface area contributed by atoms with Crippen molar-refractivity contribution in [1.82, 2.24) is 0 Å². The van der Waals surface area contributed by atoms with Gasteiger partial charge in [-0.2, -0.15) is 0 Å². The van der Waals surface area contributed by atoms with Gasteiger partial charge in [0.2, 0.25) is 12.7 Å². The molecule has 0 fully saturated rings. The summed E-state index contributed by atoms with van der Waals surface area (Å²) < 4.78 is 57.6. The number of rotatable bonds is 6. The summed E-state index contributed by atoms with van der Waals surface area (Å²) in [5.41, 5.74) is 0. The minimum atomic E-state index is -2.21. The fraction of sp³-hybridized carbons (Fsp3) is 0.889. The molecule has 0 heterocycles. The molecule has 0 aromatic carbocycles. The summed E-state index contributed by atoms with van der Waals surface area (Å²) in [5, 5.41) is 0. The van der Waals surface area contributed by atoms with E-state index in [2.05, 4.69) is 9.47 Å². The van der Waals surface area contributed by atoms with E-state index in [4.69, 9.17) is 0 Å². The zero-order chi connectivity index (χ0) is 12.7. The molecule has 0 saturated heterocycles. The second-order valence-electron chi connectivity index (χ2n) is 3.34. The molecular formula is C9H14F4O3. The third-order valence-corrected chi connectivity index (χ3v) is 1.47. The van der Waals surface area contributed by atoms with Crippen LogP contribution >= 0.6 is 0 Å². The molecule has 4 atom stereocenters. The van der Waals surface area contributed by atoms with Crippen molar-refractivity contribution in [3.63, 3.8) is 0 Å². The normalized spacial score (nSPS) is 18.4. The Kier molecular flexibility index (Phi) is 6.83. The van der Waals surface area contributed by atoms with Crippen LogP contribution in [0.2, 0.25) is 0 Å². The van der Waals surface area contributed by atoms with E-state index in [1.54, 1.807) is 0 Å². The summed E-state index contributed by atoms with van der Waals surface area (Å²) in [5.74, 6) is 0. The average molecular weight is 246 g/mol. The molecule has 0 amide bonds. The van der Waals surface area contributed by atoms with E-state index >= 15 is 0 Å². The van der Waals surface area contributed by atoms with E-state index in [0.717, 1.165) is 13.8 Å². The Balaban J connectivity index is 3.80. The molecule has 0 bridgehead atoms. The molecule has 3 nitrogen and oxygen atoms in total. The maximum Gasteiger partial charge on any atom is 0.513 e. The van der Waals surface area contributed by atoms with E-state index in [-0.39, 0.29) is 0 Å². The van der Waals surface area contributed by atoms with Gasteiger partial charge in [0, 0.05) is 12.8 Å². The summed E-state index contributed by atoms with van der Waals surface area (Å²) >= 11 is 0. The predicted molar refractivity (Wildman–Crippen MR) is 47.7 cm³/mol. The molecule has 0 aliphatic rings. The maximum atomic E-state index is 12.7. The summed E-state index contributed by atoms with van der Waals surface area (Å²) in [6, 6.07) is 0. The number of halogens is 4. The van der Waals surface area contributed by atoms with Crippen LogP contribution in [0.1, 0.15) is 26.7 Å². The molecule has 0 rings (SSSR count). The van der Waals surface area contributed by atoms with E-state index in [0.29, 0.717) is 0 Å². The average Bonchev–Trinajstić information content (AvgIpc) is 1.97. The lowest BCUT2D eigenvalue weighted by molar-refractivity contribution is -0.0855. The van der Waals surface area contributed by atoms with Crippen LogP contribution in [0.3, 0.4) is 0 Å². The van der Waals surface area contributed by atoms with Crippen LogP contribution in [0.25, 0.3) is 0 Å². The summed E-state index contributed by atoms with van der Waals surface area (Å²) in [7, 11) is 0. The molecule has 0 N–H and O–H groups in total. The van der Waals surface area contributed by atoms with Gasteiger partial charge in [-0.15, -0.1) is 0 Å². The van der Waals surface area contributed by atoms with Crippen LogP contribution in [0, 0.1) is 0 Å². The molecule has 0 unspecified atom stereocenters. The fourth-order valence-electron chi connectivity index (χ4n) is 0.844. The summed E-state index contributed by atoms with van der Waals surface area (Å²) in [6.45, 7) is 2.15. The molecule has 16 heavy (non-hydrogen) atoms. The zero-order valence-corrected chi connectivity index (χ0v) is 8.96. The van der Waals surface area contributed by atoms with Gasteiger partial charge in [0.25, 0.3) is 0 Å². The van der Waals surface area contributed by atoms with Crippen LogP contribution in [0.5, 0.6) is 0 Å². The van der Waals surface area contributed by atoms with Crippen molar-refractivity contribution in [1.29, 1.82) is 0 Å². The Bertz CT molecular complexity index is 191. The van der Waals surface area contributed by atoms with Crippen molar-refractivity contribution >= 4 is 6.16 Å². The second kappa shape index (κ2) is 7.29. The molecule has 0 radical (unpaired) electrons. The maximum absolute atomic E-state index is 12.7. The van der Waals surface area contributed by atoms with E-state index in [1.165, 1.54) is 0 Å². The van der Waals surface area contributed by atoms with Crippen LogP contribution in [0.4, 0.5) is 22.4 Å². The molecule has 0 aliphatic heterocycles. The van der Waals surface area contributed by atoms with Crippen molar-refractivity contribution in [2.24, 2.45) is 0 Å².